The van der Waals surface area contributed by atoms with Gasteiger partial charge in [0, 0.05) is 26.2 Å². The van der Waals surface area contributed by atoms with E-state index in [1.54, 1.807) is 14.2 Å². The molecule has 1 heterocycles. The van der Waals surface area contributed by atoms with E-state index in [1.165, 1.54) is 0 Å². The Balaban J connectivity index is 2.16. The van der Waals surface area contributed by atoms with Crippen molar-refractivity contribution in [2.75, 3.05) is 38.1 Å². The molecule has 0 saturated carbocycles. The third kappa shape index (κ3) is 1.76. The molecule has 2 aromatic carbocycles. The van der Waals surface area contributed by atoms with E-state index in [0.717, 1.165) is 34.2 Å². The number of rotatable bonds is 2. The summed E-state index contributed by atoms with van der Waals surface area (Å²) in [7, 11) is 7.51. The van der Waals surface area contributed by atoms with Crippen LogP contribution in [0.25, 0.3) is 0 Å². The van der Waals surface area contributed by atoms with Gasteiger partial charge in [0.15, 0.2) is 0 Å². The maximum atomic E-state index is 5.32. The van der Waals surface area contributed by atoms with Gasteiger partial charge in [-0.1, -0.05) is 0 Å². The smallest absolute Gasteiger partial charge is 0.121 e. The van der Waals surface area contributed by atoms with Gasteiger partial charge in [-0.25, -0.2) is 0 Å². The van der Waals surface area contributed by atoms with E-state index in [9.17, 15) is 0 Å². The molecule has 4 nitrogen and oxygen atoms in total. The van der Waals surface area contributed by atoms with Crippen LogP contribution in [0.3, 0.4) is 0 Å². The van der Waals surface area contributed by atoms with Gasteiger partial charge in [-0.3, -0.25) is 0 Å². The zero-order valence-corrected chi connectivity index (χ0v) is 12.2. The van der Waals surface area contributed by atoms with Crippen LogP contribution in [-0.2, 0) is 0 Å². The van der Waals surface area contributed by atoms with Crippen molar-refractivity contribution >= 4 is 22.7 Å². The molecular weight excluding hydrogens is 252 g/mol. The molecule has 0 bridgehead atoms. The summed E-state index contributed by atoms with van der Waals surface area (Å²) in [5.74, 6) is 1.72. The molecule has 0 amide bonds. The van der Waals surface area contributed by atoms with Gasteiger partial charge in [0.2, 0.25) is 0 Å². The highest BCUT2D eigenvalue weighted by Crippen LogP contribution is 2.48. The summed E-state index contributed by atoms with van der Waals surface area (Å²) in [6.45, 7) is 0. The predicted molar refractivity (Wildman–Crippen MR) is 82.1 cm³/mol. The highest BCUT2D eigenvalue weighted by atomic mass is 16.5. The normalized spacial score (nSPS) is 12.8. The van der Waals surface area contributed by atoms with Gasteiger partial charge in [0.1, 0.15) is 11.5 Å². The summed E-state index contributed by atoms with van der Waals surface area (Å²) in [4.78, 5) is 4.35. The molecule has 2 aromatic rings. The first-order valence-electron chi connectivity index (χ1n) is 6.49. The zero-order valence-electron chi connectivity index (χ0n) is 12.2. The third-order valence-electron chi connectivity index (χ3n) is 3.81. The van der Waals surface area contributed by atoms with E-state index in [2.05, 4.69) is 48.2 Å². The minimum Gasteiger partial charge on any atom is -0.497 e. The summed E-state index contributed by atoms with van der Waals surface area (Å²) >= 11 is 0. The molecular formula is C16H18N2O2. The van der Waals surface area contributed by atoms with Crippen molar-refractivity contribution in [3.63, 3.8) is 0 Å². The summed E-state index contributed by atoms with van der Waals surface area (Å²) in [5, 5.41) is 0. The van der Waals surface area contributed by atoms with Crippen LogP contribution >= 0.6 is 0 Å². The summed E-state index contributed by atoms with van der Waals surface area (Å²) in [5.41, 5.74) is 4.55. The molecule has 0 spiro atoms. The van der Waals surface area contributed by atoms with Gasteiger partial charge in [0.05, 0.1) is 37.0 Å². The highest BCUT2D eigenvalue weighted by Gasteiger charge is 2.24. The summed E-state index contributed by atoms with van der Waals surface area (Å²) < 4.78 is 10.6. The lowest BCUT2D eigenvalue weighted by Crippen LogP contribution is -2.24. The molecule has 0 fully saturated rings. The molecule has 4 heteroatoms. The second-order valence-corrected chi connectivity index (χ2v) is 4.83. The lowest BCUT2D eigenvalue weighted by atomic mass is 10.1. The molecule has 0 atom stereocenters. The first kappa shape index (κ1) is 12.7. The standard InChI is InChI=1S/C16H18N2O2/c1-17-13-7-5-12(20-4)10-16(13)18(2)14-8-6-11(19-3)9-15(14)17/h5-10H,1-4H3. The van der Waals surface area contributed by atoms with Gasteiger partial charge in [0.25, 0.3) is 0 Å². The van der Waals surface area contributed by atoms with E-state index >= 15 is 0 Å². The predicted octanol–water partition coefficient (Wildman–Crippen LogP) is 3.55. The number of benzene rings is 2. The Labute approximate surface area is 119 Å². The van der Waals surface area contributed by atoms with E-state index in [0.29, 0.717) is 0 Å². The van der Waals surface area contributed by atoms with E-state index in [-0.39, 0.29) is 0 Å². The van der Waals surface area contributed by atoms with E-state index in [4.69, 9.17) is 9.47 Å². The molecule has 0 aliphatic carbocycles. The summed E-state index contributed by atoms with van der Waals surface area (Å²) in [6, 6.07) is 12.2. The Morgan fingerprint density at radius 2 is 1.05 bits per heavy atom. The number of anilines is 4. The van der Waals surface area contributed by atoms with Crippen molar-refractivity contribution in [2.45, 2.75) is 0 Å². The first-order chi connectivity index (χ1) is 9.65. The van der Waals surface area contributed by atoms with Crippen molar-refractivity contribution in [3.8, 4) is 11.5 Å². The fourth-order valence-electron chi connectivity index (χ4n) is 2.62. The zero-order chi connectivity index (χ0) is 14.3. The SMILES string of the molecule is COc1ccc2c(c1)N(C)c1ccc(OC)cc1N2C. The number of methoxy groups -OCH3 is 2. The summed E-state index contributed by atoms with van der Waals surface area (Å²) in [6.07, 6.45) is 0. The van der Waals surface area contributed by atoms with Crippen LogP contribution in [0, 0.1) is 0 Å². The minimum atomic E-state index is 0.862. The largest absolute Gasteiger partial charge is 0.497 e. The molecule has 0 saturated heterocycles. The fourth-order valence-corrected chi connectivity index (χ4v) is 2.62. The van der Waals surface area contributed by atoms with E-state index in [1.807, 2.05) is 12.1 Å². The van der Waals surface area contributed by atoms with Gasteiger partial charge in [-0.05, 0) is 24.3 Å². The van der Waals surface area contributed by atoms with E-state index < -0.39 is 0 Å². The number of hydrogen-bond donors (Lipinski definition) is 0. The molecule has 0 N–H and O–H groups in total. The molecule has 0 aromatic heterocycles. The minimum absolute atomic E-state index is 0.862. The van der Waals surface area contributed by atoms with Crippen molar-refractivity contribution in [2.24, 2.45) is 0 Å². The molecule has 1 aliphatic heterocycles. The quantitative estimate of drug-likeness (QED) is 0.833. The molecule has 0 radical (unpaired) electrons. The number of fused-ring (bicyclic) bond motifs is 2. The van der Waals surface area contributed by atoms with Gasteiger partial charge >= 0.3 is 0 Å². The van der Waals surface area contributed by atoms with Crippen LogP contribution in [0.2, 0.25) is 0 Å². The molecule has 3 rings (SSSR count). The molecule has 20 heavy (non-hydrogen) atoms. The lowest BCUT2D eigenvalue weighted by Gasteiger charge is -2.36. The average molecular weight is 270 g/mol. The van der Waals surface area contributed by atoms with Crippen LogP contribution in [0.15, 0.2) is 36.4 Å². The van der Waals surface area contributed by atoms with Crippen LogP contribution in [0.4, 0.5) is 22.7 Å². The third-order valence-corrected chi connectivity index (χ3v) is 3.81. The first-order valence-corrected chi connectivity index (χ1v) is 6.49. The van der Waals surface area contributed by atoms with Gasteiger partial charge in [-0.15, -0.1) is 0 Å². The Morgan fingerprint density at radius 1 is 0.650 bits per heavy atom. The lowest BCUT2D eigenvalue weighted by molar-refractivity contribution is 0.414. The second kappa shape index (κ2) is 4.63. The molecule has 1 aliphatic rings. The molecule has 104 valence electrons. The number of hydrogen-bond acceptors (Lipinski definition) is 4. The van der Waals surface area contributed by atoms with Crippen LogP contribution < -0.4 is 19.3 Å². The maximum absolute atomic E-state index is 5.32. The van der Waals surface area contributed by atoms with Crippen molar-refractivity contribution in [1.82, 2.24) is 0 Å². The topological polar surface area (TPSA) is 24.9 Å². The van der Waals surface area contributed by atoms with Gasteiger partial charge < -0.3 is 19.3 Å². The van der Waals surface area contributed by atoms with Crippen LogP contribution in [0.1, 0.15) is 0 Å². The molecule has 0 unspecified atom stereocenters. The van der Waals surface area contributed by atoms with Crippen molar-refractivity contribution in [3.05, 3.63) is 36.4 Å². The van der Waals surface area contributed by atoms with Gasteiger partial charge in [-0.2, -0.15) is 0 Å². The number of nitrogens with zero attached hydrogens (tertiary/aromatic N) is 2. The Morgan fingerprint density at radius 3 is 1.40 bits per heavy atom. The Bertz CT molecular complexity index is 597. The Kier molecular flexibility index (Phi) is 2.93. The van der Waals surface area contributed by atoms with Crippen LogP contribution in [0.5, 0.6) is 11.5 Å². The Hall–Kier alpha value is -2.36. The average Bonchev–Trinajstić information content (AvgIpc) is 2.51. The fraction of sp³-hybridized carbons (Fsp3) is 0.250. The van der Waals surface area contributed by atoms with Crippen molar-refractivity contribution in [1.29, 1.82) is 0 Å². The second-order valence-electron chi connectivity index (χ2n) is 4.83. The van der Waals surface area contributed by atoms with Crippen molar-refractivity contribution < 1.29 is 9.47 Å². The highest BCUT2D eigenvalue weighted by molar-refractivity contribution is 5.93. The van der Waals surface area contributed by atoms with Crippen LogP contribution in [-0.4, -0.2) is 28.3 Å². The maximum Gasteiger partial charge on any atom is 0.121 e. The number of ether oxygens (including phenoxy) is 2. The monoisotopic (exact) mass is 270 g/mol.